The number of sulfonamides is 1. The summed E-state index contributed by atoms with van der Waals surface area (Å²) in [6.45, 7) is -1.07. The van der Waals surface area contributed by atoms with Crippen LogP contribution in [0, 0.1) is 22.5 Å². The molecule has 2 fully saturated rings. The molecule has 0 saturated heterocycles. The van der Waals surface area contributed by atoms with Gasteiger partial charge in [-0.1, -0.05) is 12.1 Å². The van der Waals surface area contributed by atoms with Crippen LogP contribution in [0.4, 0.5) is 40.8 Å². The molecule has 0 amide bonds. The number of halogens is 8. The zero-order valence-electron chi connectivity index (χ0n) is 24.3. The third-order valence-electron chi connectivity index (χ3n) is 8.74. The van der Waals surface area contributed by atoms with Gasteiger partial charge in [0.15, 0.2) is 5.78 Å². The summed E-state index contributed by atoms with van der Waals surface area (Å²) < 4.78 is 146. The molecule has 2 aliphatic rings. The lowest BCUT2D eigenvalue weighted by molar-refractivity contribution is -0.274. The lowest BCUT2D eigenvalue weighted by atomic mass is 9.79. The lowest BCUT2D eigenvalue weighted by Gasteiger charge is -2.30. The molecule has 0 aliphatic heterocycles. The molecule has 0 spiro atoms. The van der Waals surface area contributed by atoms with E-state index in [1.807, 2.05) is 0 Å². The Morgan fingerprint density at radius 3 is 2.13 bits per heavy atom. The molecule has 0 unspecified atom stereocenters. The number of hydrogen-bond donors (Lipinski definition) is 0. The largest absolute Gasteiger partial charge is 0.573 e. The van der Waals surface area contributed by atoms with Gasteiger partial charge in [-0.3, -0.25) is 13.9 Å². The van der Waals surface area contributed by atoms with Crippen molar-refractivity contribution in [2.24, 2.45) is 10.8 Å². The maximum Gasteiger partial charge on any atom is 0.573 e. The van der Waals surface area contributed by atoms with Crippen molar-refractivity contribution in [2.75, 3.05) is 18.0 Å². The maximum absolute atomic E-state index is 15.6. The maximum atomic E-state index is 15.6. The number of fused-ring (bicyclic) bond motifs is 2. The van der Waals surface area contributed by atoms with Crippen molar-refractivity contribution in [3.05, 3.63) is 77.9 Å². The van der Waals surface area contributed by atoms with Crippen molar-refractivity contribution < 1.29 is 62.6 Å². The number of Topliss-reactive ketones (excluding diaryl/α,β-unsaturated/α-hetero) is 1. The van der Waals surface area contributed by atoms with Crippen molar-refractivity contribution in [3.8, 4) is 16.9 Å². The van der Waals surface area contributed by atoms with Crippen LogP contribution in [0.25, 0.3) is 11.1 Å². The van der Waals surface area contributed by atoms with E-state index in [0.29, 0.717) is 24.3 Å². The first-order chi connectivity index (χ1) is 21.8. The Morgan fingerprint density at radius 2 is 1.51 bits per heavy atom. The highest BCUT2D eigenvalue weighted by molar-refractivity contribution is 7.92. The third-order valence-corrected chi connectivity index (χ3v) is 10.5. The molecule has 2 aliphatic carbocycles. The molecule has 0 aromatic heterocycles. The number of esters is 1. The minimum atomic E-state index is -5.19. The summed E-state index contributed by atoms with van der Waals surface area (Å²) in [5.74, 6) is -4.70. The number of alkyl halides is 6. The summed E-state index contributed by atoms with van der Waals surface area (Å²) in [6.07, 6.45) is -9.26. The van der Waals surface area contributed by atoms with Crippen LogP contribution in [0.15, 0.2) is 65.6 Å². The number of carbonyl (C=O) groups is 2. The number of hydrogen-bond acceptors (Lipinski definition) is 6. The SMILES string of the molecule is COC(=O)C12CCC(C(=O)CN(c3cc(-c4cc(F)cc(OC(F)(F)F)c4)ccc3F)S(=O)(=O)c3cccc(C(F)(F)F)c3)(CC1)C2. The zero-order chi connectivity index (χ0) is 34.6. The second-order valence-electron chi connectivity index (χ2n) is 11.6. The van der Waals surface area contributed by atoms with Crippen LogP contribution in [-0.4, -0.2) is 40.2 Å². The van der Waals surface area contributed by atoms with Crippen LogP contribution >= 0.6 is 0 Å². The highest BCUT2D eigenvalue weighted by Gasteiger charge is 2.61. The molecular weight excluding hydrogens is 666 g/mol. The van der Waals surface area contributed by atoms with Crippen LogP contribution in [0.1, 0.15) is 37.7 Å². The van der Waals surface area contributed by atoms with E-state index in [9.17, 15) is 48.7 Å². The molecule has 0 N–H and O–H groups in total. The molecule has 0 atom stereocenters. The normalized spacial score (nSPS) is 21.0. The zero-order valence-corrected chi connectivity index (χ0v) is 25.2. The molecule has 2 bridgehead atoms. The Labute approximate surface area is 263 Å². The van der Waals surface area contributed by atoms with Crippen LogP contribution in [-0.2, 0) is 30.5 Å². The minimum Gasteiger partial charge on any atom is -0.469 e. The Morgan fingerprint density at radius 1 is 0.851 bits per heavy atom. The van der Waals surface area contributed by atoms with E-state index in [4.69, 9.17) is 4.74 Å². The van der Waals surface area contributed by atoms with Gasteiger partial charge in [-0.2, -0.15) is 13.2 Å². The number of ketones is 1. The fourth-order valence-corrected chi connectivity index (χ4v) is 7.91. The van der Waals surface area contributed by atoms with E-state index >= 15 is 4.39 Å². The number of ether oxygens (including phenoxy) is 2. The quantitative estimate of drug-likeness (QED) is 0.171. The average Bonchev–Trinajstić information content (AvgIpc) is 3.58. The molecule has 3 aromatic carbocycles. The average molecular weight is 692 g/mol. The van der Waals surface area contributed by atoms with E-state index in [-0.39, 0.29) is 47.5 Å². The van der Waals surface area contributed by atoms with E-state index in [2.05, 4.69) is 4.74 Å². The third kappa shape index (κ3) is 6.64. The summed E-state index contributed by atoms with van der Waals surface area (Å²) in [4.78, 5) is 25.5. The predicted octanol–water partition coefficient (Wildman–Crippen LogP) is 7.44. The van der Waals surface area contributed by atoms with Gasteiger partial charge in [-0.25, -0.2) is 17.2 Å². The van der Waals surface area contributed by atoms with Gasteiger partial charge in [0, 0.05) is 11.5 Å². The van der Waals surface area contributed by atoms with Crippen LogP contribution in [0.2, 0.25) is 0 Å². The number of nitrogens with zero attached hydrogens (tertiary/aromatic N) is 1. The Hall–Kier alpha value is -4.21. The van der Waals surface area contributed by atoms with Gasteiger partial charge in [0.25, 0.3) is 10.0 Å². The van der Waals surface area contributed by atoms with Gasteiger partial charge < -0.3 is 9.47 Å². The predicted molar refractivity (Wildman–Crippen MR) is 149 cm³/mol. The topological polar surface area (TPSA) is 90.0 Å². The molecule has 0 heterocycles. The van der Waals surface area contributed by atoms with E-state index in [1.165, 1.54) is 7.11 Å². The number of anilines is 1. The highest BCUT2D eigenvalue weighted by atomic mass is 32.2. The van der Waals surface area contributed by atoms with Gasteiger partial charge in [0.05, 0.1) is 35.2 Å². The molecule has 47 heavy (non-hydrogen) atoms. The van der Waals surface area contributed by atoms with E-state index < -0.39 is 85.2 Å². The number of rotatable bonds is 9. The molecule has 2 saturated carbocycles. The Balaban J connectivity index is 1.61. The number of benzene rings is 3. The lowest BCUT2D eigenvalue weighted by Crippen LogP contribution is -2.42. The van der Waals surface area contributed by atoms with E-state index in [1.54, 1.807) is 0 Å². The molecular formula is C31H25F8NO6S. The second kappa shape index (κ2) is 11.8. The van der Waals surface area contributed by atoms with Crippen molar-refractivity contribution in [1.29, 1.82) is 0 Å². The van der Waals surface area contributed by atoms with Gasteiger partial charge in [-0.15, -0.1) is 13.2 Å². The van der Waals surface area contributed by atoms with Crippen LogP contribution in [0.3, 0.4) is 0 Å². The Kier molecular flexibility index (Phi) is 8.56. The van der Waals surface area contributed by atoms with Crippen molar-refractivity contribution in [3.63, 3.8) is 0 Å². The van der Waals surface area contributed by atoms with E-state index in [0.717, 1.165) is 36.4 Å². The van der Waals surface area contributed by atoms with Gasteiger partial charge in [0.1, 0.15) is 17.4 Å². The summed E-state index contributed by atoms with van der Waals surface area (Å²) in [5, 5.41) is 0. The standard InChI is InChI=1S/C31H25F8NO6S/c1-45-27(42)29-9-7-28(17-29,8-10-29)26(41)16-40(47(43,44)23-4-2-3-20(14-23)30(34,35)36)25-13-18(5-6-24(25)33)19-11-21(32)15-22(12-19)46-31(37,38)39/h2-6,11-15H,7-10,16-17H2,1H3. The van der Waals surface area contributed by atoms with Crippen molar-refractivity contribution >= 4 is 27.5 Å². The molecule has 5 rings (SSSR count). The fourth-order valence-electron chi connectivity index (χ4n) is 6.44. The summed E-state index contributed by atoms with van der Waals surface area (Å²) in [6, 6.07) is 7.05. The summed E-state index contributed by atoms with van der Waals surface area (Å²) >= 11 is 0. The molecule has 3 aromatic rings. The van der Waals surface area contributed by atoms with Gasteiger partial charge in [0.2, 0.25) is 0 Å². The highest BCUT2D eigenvalue weighted by Crippen LogP contribution is 2.62. The monoisotopic (exact) mass is 691 g/mol. The number of carbonyl (C=O) groups excluding carboxylic acids is 2. The van der Waals surface area contributed by atoms with Crippen LogP contribution < -0.4 is 9.04 Å². The first-order valence-electron chi connectivity index (χ1n) is 14.0. The summed E-state index contributed by atoms with van der Waals surface area (Å²) in [5.41, 5.74) is -4.90. The Bertz CT molecular complexity index is 1830. The molecule has 0 radical (unpaired) electrons. The molecule has 16 heteroatoms. The van der Waals surface area contributed by atoms with Crippen molar-refractivity contribution in [1.82, 2.24) is 0 Å². The smallest absolute Gasteiger partial charge is 0.469 e. The van der Waals surface area contributed by atoms with Crippen molar-refractivity contribution in [2.45, 2.75) is 49.5 Å². The van der Waals surface area contributed by atoms with Gasteiger partial charge >= 0.3 is 18.5 Å². The summed E-state index contributed by atoms with van der Waals surface area (Å²) in [7, 11) is -3.96. The molecule has 7 nitrogen and oxygen atoms in total. The fraction of sp³-hybridized carbons (Fsp3) is 0.355. The second-order valence-corrected chi connectivity index (χ2v) is 13.4. The first-order valence-corrected chi connectivity index (χ1v) is 15.4. The first kappa shape index (κ1) is 34.1. The van der Waals surface area contributed by atoms with Crippen LogP contribution in [0.5, 0.6) is 5.75 Å². The minimum absolute atomic E-state index is 0.0246. The number of methoxy groups -OCH3 is 1. The van der Waals surface area contributed by atoms with Gasteiger partial charge in [-0.05, 0) is 85.7 Å². The molecule has 252 valence electrons.